The summed E-state index contributed by atoms with van der Waals surface area (Å²) in [4.78, 5) is 0. The highest BCUT2D eigenvalue weighted by molar-refractivity contribution is 4.88. The molecule has 1 rings (SSSR count). The Balaban J connectivity index is 1.95. The van der Waals surface area contributed by atoms with Crippen LogP contribution in [0.3, 0.4) is 0 Å². The lowest BCUT2D eigenvalue weighted by Crippen LogP contribution is -2.42. The molecule has 0 radical (unpaired) electrons. The Bertz CT molecular complexity index is 274. The lowest BCUT2D eigenvalue weighted by molar-refractivity contribution is -0.101. The fourth-order valence-electron chi connectivity index (χ4n) is 3.03. The molecule has 0 amide bonds. The molecule has 3 N–H and O–H groups in total. The van der Waals surface area contributed by atoms with Crippen LogP contribution in [0.1, 0.15) is 71.1 Å². The highest BCUT2D eigenvalue weighted by atomic mass is 16.6. The second kappa shape index (κ2) is 13.1. The van der Waals surface area contributed by atoms with E-state index in [9.17, 15) is 15.3 Å². The Morgan fingerprint density at radius 3 is 2.00 bits per heavy atom. The number of unbranched alkanes of at least 4 members (excludes halogenated alkanes) is 9. The Kier molecular flexibility index (Phi) is 11.9. The third kappa shape index (κ3) is 8.45. The molecule has 1 aliphatic rings. The van der Waals surface area contributed by atoms with Crippen molar-refractivity contribution in [2.45, 2.75) is 95.5 Å². The molecular formula is C18H36O5. The monoisotopic (exact) mass is 332 g/mol. The van der Waals surface area contributed by atoms with E-state index in [-0.39, 0.29) is 13.2 Å². The molecule has 4 atom stereocenters. The molecule has 0 aromatic carbocycles. The van der Waals surface area contributed by atoms with Gasteiger partial charge in [-0.15, -0.1) is 0 Å². The SMILES string of the molecule is CCCCCCCCCCCCO[C@@H](CO)[C@H]1OC[C@@H](O)[C@H]1O. The summed E-state index contributed by atoms with van der Waals surface area (Å²) in [7, 11) is 0. The zero-order chi connectivity index (χ0) is 16.9. The molecule has 1 heterocycles. The van der Waals surface area contributed by atoms with Crippen molar-refractivity contribution in [1.29, 1.82) is 0 Å². The molecule has 0 saturated carbocycles. The summed E-state index contributed by atoms with van der Waals surface area (Å²) in [6.07, 6.45) is 9.63. The zero-order valence-corrected chi connectivity index (χ0v) is 14.7. The van der Waals surface area contributed by atoms with E-state index in [1.165, 1.54) is 51.4 Å². The van der Waals surface area contributed by atoms with Crippen molar-refractivity contribution < 1.29 is 24.8 Å². The van der Waals surface area contributed by atoms with Gasteiger partial charge in [0.2, 0.25) is 0 Å². The quantitative estimate of drug-likeness (QED) is 0.426. The highest BCUT2D eigenvalue weighted by Gasteiger charge is 2.40. The molecule has 23 heavy (non-hydrogen) atoms. The molecule has 0 unspecified atom stereocenters. The van der Waals surface area contributed by atoms with Gasteiger partial charge in [-0.3, -0.25) is 0 Å². The van der Waals surface area contributed by atoms with Gasteiger partial charge in [-0.2, -0.15) is 0 Å². The van der Waals surface area contributed by atoms with Crippen molar-refractivity contribution in [2.75, 3.05) is 19.8 Å². The van der Waals surface area contributed by atoms with Crippen LogP contribution in [0, 0.1) is 0 Å². The van der Waals surface area contributed by atoms with E-state index < -0.39 is 24.4 Å². The molecule has 0 aromatic rings. The van der Waals surface area contributed by atoms with Crippen LogP contribution in [-0.2, 0) is 9.47 Å². The van der Waals surface area contributed by atoms with Crippen molar-refractivity contribution >= 4 is 0 Å². The number of hydrogen-bond acceptors (Lipinski definition) is 5. The predicted molar refractivity (Wildman–Crippen MR) is 90.4 cm³/mol. The van der Waals surface area contributed by atoms with Crippen molar-refractivity contribution in [3.05, 3.63) is 0 Å². The van der Waals surface area contributed by atoms with E-state index in [0.29, 0.717) is 6.61 Å². The lowest BCUT2D eigenvalue weighted by Gasteiger charge is -2.24. The first kappa shape index (κ1) is 20.8. The second-order valence-electron chi connectivity index (χ2n) is 6.63. The van der Waals surface area contributed by atoms with Crippen molar-refractivity contribution in [2.24, 2.45) is 0 Å². The molecule has 5 heteroatoms. The lowest BCUT2D eigenvalue weighted by atomic mass is 10.1. The molecule has 138 valence electrons. The van der Waals surface area contributed by atoms with E-state index in [1.54, 1.807) is 0 Å². The van der Waals surface area contributed by atoms with E-state index >= 15 is 0 Å². The number of aliphatic hydroxyl groups excluding tert-OH is 3. The van der Waals surface area contributed by atoms with Crippen LogP contribution in [0.15, 0.2) is 0 Å². The zero-order valence-electron chi connectivity index (χ0n) is 14.7. The van der Waals surface area contributed by atoms with Gasteiger partial charge in [0.15, 0.2) is 0 Å². The van der Waals surface area contributed by atoms with E-state index in [2.05, 4.69) is 6.92 Å². The van der Waals surface area contributed by atoms with Gasteiger partial charge in [0.1, 0.15) is 24.4 Å². The summed E-state index contributed by atoms with van der Waals surface area (Å²) >= 11 is 0. The van der Waals surface area contributed by atoms with Gasteiger partial charge in [0.05, 0.1) is 13.2 Å². The summed E-state index contributed by atoms with van der Waals surface area (Å²) in [5, 5.41) is 28.6. The Morgan fingerprint density at radius 1 is 0.957 bits per heavy atom. The smallest absolute Gasteiger partial charge is 0.114 e. The number of hydrogen-bond donors (Lipinski definition) is 3. The molecule has 1 fully saturated rings. The first-order valence-corrected chi connectivity index (χ1v) is 9.40. The summed E-state index contributed by atoms with van der Waals surface area (Å²) in [5.74, 6) is 0. The molecule has 0 aromatic heterocycles. The van der Waals surface area contributed by atoms with E-state index in [0.717, 1.165) is 12.8 Å². The van der Waals surface area contributed by atoms with Gasteiger partial charge in [0, 0.05) is 6.61 Å². The maximum atomic E-state index is 9.77. The van der Waals surface area contributed by atoms with Gasteiger partial charge < -0.3 is 24.8 Å². The fraction of sp³-hybridized carbons (Fsp3) is 1.00. The minimum Gasteiger partial charge on any atom is -0.394 e. The van der Waals surface area contributed by atoms with Gasteiger partial charge in [-0.25, -0.2) is 0 Å². The van der Waals surface area contributed by atoms with E-state index in [4.69, 9.17) is 9.47 Å². The van der Waals surface area contributed by atoms with Crippen molar-refractivity contribution in [1.82, 2.24) is 0 Å². The third-order valence-corrected chi connectivity index (χ3v) is 4.57. The largest absolute Gasteiger partial charge is 0.394 e. The van der Waals surface area contributed by atoms with Crippen LogP contribution in [0.5, 0.6) is 0 Å². The van der Waals surface area contributed by atoms with E-state index in [1.807, 2.05) is 0 Å². The second-order valence-corrected chi connectivity index (χ2v) is 6.63. The molecule has 1 saturated heterocycles. The van der Waals surface area contributed by atoms with Crippen LogP contribution in [0.25, 0.3) is 0 Å². The Morgan fingerprint density at radius 2 is 1.52 bits per heavy atom. The maximum absolute atomic E-state index is 9.77. The third-order valence-electron chi connectivity index (χ3n) is 4.57. The van der Waals surface area contributed by atoms with Gasteiger partial charge in [0.25, 0.3) is 0 Å². The minimum atomic E-state index is -0.972. The summed E-state index contributed by atoms with van der Waals surface area (Å²) in [6.45, 7) is 2.70. The average molecular weight is 332 g/mol. The Labute approximate surface area is 141 Å². The molecular weight excluding hydrogens is 296 g/mol. The van der Waals surface area contributed by atoms with Crippen LogP contribution < -0.4 is 0 Å². The van der Waals surface area contributed by atoms with Crippen LogP contribution in [0.2, 0.25) is 0 Å². The van der Waals surface area contributed by atoms with Crippen LogP contribution in [-0.4, -0.2) is 59.6 Å². The molecule has 0 spiro atoms. The summed E-state index contributed by atoms with van der Waals surface area (Å²) in [5.41, 5.74) is 0. The first-order valence-electron chi connectivity index (χ1n) is 9.40. The van der Waals surface area contributed by atoms with Crippen molar-refractivity contribution in [3.8, 4) is 0 Å². The Hall–Kier alpha value is -0.200. The standard InChI is InChI=1S/C18H36O5/c1-2-3-4-5-6-7-8-9-10-11-12-22-16(13-19)18-17(21)15(20)14-23-18/h15-21H,2-14H2,1H3/t15-,16+,17-,18-/m1/s1. The topological polar surface area (TPSA) is 79.2 Å². The number of ether oxygens (including phenoxy) is 2. The molecule has 0 aliphatic carbocycles. The van der Waals surface area contributed by atoms with Crippen LogP contribution in [0.4, 0.5) is 0 Å². The molecule has 0 bridgehead atoms. The number of rotatable bonds is 14. The number of aliphatic hydroxyl groups is 3. The van der Waals surface area contributed by atoms with Crippen molar-refractivity contribution in [3.63, 3.8) is 0 Å². The minimum absolute atomic E-state index is 0.101. The first-order chi connectivity index (χ1) is 11.2. The molecule has 5 nitrogen and oxygen atoms in total. The summed E-state index contributed by atoms with van der Waals surface area (Å²) < 4.78 is 10.9. The van der Waals surface area contributed by atoms with Crippen LogP contribution >= 0.6 is 0 Å². The normalized spacial score (nSPS) is 25.8. The van der Waals surface area contributed by atoms with Gasteiger partial charge in [-0.1, -0.05) is 64.7 Å². The predicted octanol–water partition coefficient (Wildman–Crippen LogP) is 2.41. The summed E-state index contributed by atoms with van der Waals surface area (Å²) in [6, 6.07) is 0. The van der Waals surface area contributed by atoms with Gasteiger partial charge in [-0.05, 0) is 6.42 Å². The highest BCUT2D eigenvalue weighted by Crippen LogP contribution is 2.20. The van der Waals surface area contributed by atoms with Gasteiger partial charge >= 0.3 is 0 Å². The maximum Gasteiger partial charge on any atom is 0.114 e. The fourth-order valence-corrected chi connectivity index (χ4v) is 3.03. The average Bonchev–Trinajstić information content (AvgIpc) is 2.88. The molecule has 1 aliphatic heterocycles.